The predicted molar refractivity (Wildman–Crippen MR) is 240 cm³/mol. The van der Waals surface area contributed by atoms with Crippen LogP contribution in [0.25, 0.3) is 22.3 Å². The minimum atomic E-state index is -6.28. The van der Waals surface area contributed by atoms with Gasteiger partial charge in [-0.3, -0.25) is 46.9 Å². The molecule has 3 aliphatic heterocycles. The molecule has 3 saturated heterocycles. The molecule has 4 unspecified atom stereocenters. The quantitative estimate of drug-likeness (QED) is 0.0223. The van der Waals surface area contributed by atoms with Crippen LogP contribution in [0.5, 0.6) is 0 Å². The molecular weight excluding hydrogens is 1140 g/mol. The third-order valence-electron chi connectivity index (χ3n) is 11.8. The van der Waals surface area contributed by atoms with Crippen LogP contribution in [0.3, 0.4) is 0 Å². The zero-order valence-corrected chi connectivity index (χ0v) is 42.7. The van der Waals surface area contributed by atoms with Crippen LogP contribution in [0.4, 0.5) is 20.5 Å². The highest BCUT2D eigenvalue weighted by Crippen LogP contribution is 2.68. The van der Waals surface area contributed by atoms with Gasteiger partial charge in [0.05, 0.1) is 45.9 Å². The Balaban J connectivity index is 0.945. The molecule has 0 amide bonds. The number of nitrogens with zero attached hydrogens (tertiary/aromatic N) is 8. The second-order valence-corrected chi connectivity index (χ2v) is 22.8. The summed E-state index contributed by atoms with van der Waals surface area (Å²) in [6, 6.07) is 0.902. The van der Waals surface area contributed by atoms with Gasteiger partial charge in [-0.15, -0.1) is 0 Å². The monoisotopic (exact) mass is 1180 g/mol. The van der Waals surface area contributed by atoms with Gasteiger partial charge >= 0.3 is 41.4 Å². The van der Waals surface area contributed by atoms with Gasteiger partial charge in [-0.1, -0.05) is 4.98 Å². The Labute approximate surface area is 426 Å². The average molecular weight is 1180 g/mol. The van der Waals surface area contributed by atoms with E-state index in [1.165, 1.54) is 17.9 Å². The van der Waals surface area contributed by atoms with Gasteiger partial charge < -0.3 is 79.1 Å². The molecular formula is C34H46F2N12O25P4. The summed E-state index contributed by atoms with van der Waals surface area (Å²) < 4.78 is 138. The van der Waals surface area contributed by atoms with Gasteiger partial charge in [0.2, 0.25) is 11.7 Å². The lowest BCUT2D eigenvalue weighted by Crippen LogP contribution is -2.45. The number of halogens is 2. The first-order valence-corrected chi connectivity index (χ1v) is 27.8. The summed E-state index contributed by atoms with van der Waals surface area (Å²) in [6.45, 7) is -7.52. The van der Waals surface area contributed by atoms with E-state index in [-0.39, 0.29) is 34.1 Å². The number of anilines is 2. The molecule has 37 nitrogen and oxygen atoms in total. The maximum atomic E-state index is 13.5. The molecule has 0 aromatic carbocycles. The number of fused-ring (bicyclic) bond motifs is 2. The highest BCUT2D eigenvalue weighted by molar-refractivity contribution is 7.66. The van der Waals surface area contributed by atoms with Gasteiger partial charge in [0.25, 0.3) is 24.9 Å². The first-order valence-electron chi connectivity index (χ1n) is 21.9. The van der Waals surface area contributed by atoms with E-state index in [2.05, 4.69) is 38.3 Å². The summed E-state index contributed by atoms with van der Waals surface area (Å²) in [4.78, 5) is 102. The standard InChI is InChI=1S/C34H46F2N12O25P4/c1-45-12-48(27-19(45)28(53)44-33(38)43-27)29-20(50)13(4-6-64-32(35)36)14(68-29)7-66-75(57,58)72-77(61,62)73-76(59,60)67-9-16-23(24(63-2)31(70-16)47-11-41-18-25(37)39-10-40-26(18)47)71-74(55,56)65-8-15-21(51)22(52)30(69-15)46-5-3-17(49)42-34(46)54/h3,5,10-16,20-24,29-32,50-52H,4,6-9H2,1-2H3,(H9-,37,38,39,40,42,43,44,49,53,54,55,56,57,58,59,60,61,62)/t13-,14-,15-,16-,20-,21-,22-,23-,24-,29-,30-,31-/m1/s1. The van der Waals surface area contributed by atoms with Crippen LogP contribution in [0.15, 0.2) is 45.6 Å². The highest BCUT2D eigenvalue weighted by Gasteiger charge is 2.53. The van der Waals surface area contributed by atoms with Gasteiger partial charge in [0, 0.05) is 25.3 Å². The molecule has 5 aromatic heterocycles. The molecule has 0 spiro atoms. The molecule has 3 fully saturated rings. The summed E-state index contributed by atoms with van der Waals surface area (Å²) in [5, 5.41) is 32.5. The number of methoxy groups -OCH3 is 1. The fourth-order valence-corrected chi connectivity index (χ4v) is 13.0. The minimum Gasteiger partial charge on any atom is -0.756 e. The number of phosphoric acid groups is 4. The molecule has 426 valence electrons. The Hall–Kier alpha value is -4.76. The number of H-pyrrole nitrogens is 2. The number of nitrogens with one attached hydrogen (secondary N) is 2. The Kier molecular flexibility index (Phi) is 17.3. The van der Waals surface area contributed by atoms with Crippen molar-refractivity contribution in [2.75, 3.05) is 45.0 Å². The molecule has 43 heteroatoms. The lowest BCUT2D eigenvalue weighted by atomic mass is 9.95. The van der Waals surface area contributed by atoms with Gasteiger partial charge in [-0.25, -0.2) is 38.0 Å². The number of nitrogens with two attached hydrogens (primary N) is 2. The highest BCUT2D eigenvalue weighted by atomic mass is 31.3. The Morgan fingerprint density at radius 3 is 2.17 bits per heavy atom. The van der Waals surface area contributed by atoms with E-state index < -0.39 is 161 Å². The number of ether oxygens (including phenoxy) is 5. The maximum Gasteiger partial charge on any atom is 0.490 e. The molecule has 0 saturated carbocycles. The summed E-state index contributed by atoms with van der Waals surface area (Å²) in [6.07, 6.45) is -15.0. The van der Waals surface area contributed by atoms with E-state index in [0.29, 0.717) is 4.57 Å². The first kappa shape index (κ1) is 58.4. The molecule has 16 atom stereocenters. The van der Waals surface area contributed by atoms with Crippen LogP contribution >= 0.6 is 31.3 Å². The van der Waals surface area contributed by atoms with Gasteiger partial charge in [-0.05, 0) is 6.42 Å². The largest absolute Gasteiger partial charge is 0.756 e. The summed E-state index contributed by atoms with van der Waals surface area (Å²) in [5.74, 6) is -1.75. The van der Waals surface area contributed by atoms with Gasteiger partial charge in [0.1, 0.15) is 54.6 Å². The molecule has 5 aromatic rings. The van der Waals surface area contributed by atoms with Crippen molar-refractivity contribution in [3.8, 4) is 0 Å². The van der Waals surface area contributed by atoms with E-state index in [4.69, 9.17) is 48.5 Å². The second-order valence-electron chi connectivity index (χ2n) is 16.8. The molecule has 8 heterocycles. The number of aromatic nitrogens is 10. The van der Waals surface area contributed by atoms with Crippen LogP contribution < -0.4 is 37.7 Å². The smallest absolute Gasteiger partial charge is 0.490 e. The van der Waals surface area contributed by atoms with Crippen molar-refractivity contribution in [3.05, 3.63) is 62.4 Å². The van der Waals surface area contributed by atoms with Crippen LogP contribution in [-0.2, 0) is 75.7 Å². The molecule has 77 heavy (non-hydrogen) atoms. The number of hydrogen-bond acceptors (Lipinski definition) is 28. The third kappa shape index (κ3) is 13.0. The lowest BCUT2D eigenvalue weighted by Gasteiger charge is -2.31. The number of imidazole rings is 2. The van der Waals surface area contributed by atoms with Crippen molar-refractivity contribution in [3.63, 3.8) is 0 Å². The topological polar surface area (TPSA) is 519 Å². The number of rotatable bonds is 23. The number of aryl methyl sites for hydroxylation is 1. The van der Waals surface area contributed by atoms with Crippen LogP contribution in [0.1, 0.15) is 25.1 Å². The number of hydrogen-bond donors (Lipinski definition) is 10. The molecule has 8 rings (SSSR count). The van der Waals surface area contributed by atoms with Crippen LogP contribution in [0, 0.1) is 5.92 Å². The molecule has 12 N–H and O–H groups in total. The number of phosphoric ester groups is 3. The van der Waals surface area contributed by atoms with Crippen LogP contribution in [-0.4, -0.2) is 163 Å². The van der Waals surface area contributed by atoms with Crippen molar-refractivity contribution in [1.82, 2.24) is 43.6 Å². The Bertz CT molecular complexity index is 3350. The fourth-order valence-electron chi connectivity index (χ4n) is 8.52. The van der Waals surface area contributed by atoms with Crippen molar-refractivity contribution >= 4 is 65.4 Å². The van der Waals surface area contributed by atoms with Crippen molar-refractivity contribution in [2.24, 2.45) is 13.0 Å². The van der Waals surface area contributed by atoms with E-state index in [1.807, 2.05) is 4.98 Å². The summed E-state index contributed by atoms with van der Waals surface area (Å²) in [5.41, 5.74) is 8.84. The zero-order chi connectivity index (χ0) is 56.1. The lowest BCUT2D eigenvalue weighted by molar-refractivity contribution is -0.745. The molecule has 3 aliphatic rings. The molecule has 0 aliphatic carbocycles. The molecule has 0 bridgehead atoms. The van der Waals surface area contributed by atoms with E-state index in [1.54, 1.807) is 0 Å². The van der Waals surface area contributed by atoms with E-state index in [0.717, 1.165) is 41.2 Å². The Morgan fingerprint density at radius 2 is 1.51 bits per heavy atom. The van der Waals surface area contributed by atoms with Crippen molar-refractivity contribution < 1.29 is 117 Å². The van der Waals surface area contributed by atoms with Gasteiger partial charge in [0.15, 0.2) is 30.2 Å². The number of nitrogen functional groups attached to an aromatic ring is 2. The van der Waals surface area contributed by atoms with Crippen molar-refractivity contribution in [1.29, 1.82) is 0 Å². The molecule has 0 radical (unpaired) electrons. The fraction of sp³-hybridized carbons (Fsp3) is 0.588. The van der Waals surface area contributed by atoms with E-state index in [9.17, 15) is 76.3 Å². The maximum absolute atomic E-state index is 13.5. The first-order chi connectivity index (χ1) is 36.1. The second kappa shape index (κ2) is 22.8. The average Bonchev–Trinajstić information content (AvgIpc) is 4.15. The van der Waals surface area contributed by atoms with E-state index >= 15 is 0 Å². The van der Waals surface area contributed by atoms with Crippen molar-refractivity contribution in [2.45, 2.75) is 80.5 Å². The minimum absolute atomic E-state index is 0.0110. The predicted octanol–water partition coefficient (Wildman–Crippen LogP) is -3.62. The zero-order valence-electron chi connectivity index (χ0n) is 39.1. The SMILES string of the molecule is CO[C@@H]1[C@H](OP(=O)([O-])OC[C@H]2O[C@@H](n3ccc(=O)[nH]c3=O)[C@H](O)[C@@H]2O)[C@@H](COP(=O)(O)OP(=O)(O)OP(=O)(O)OC[C@H]2O[C@@H]([n+]3cn(C)c4c(=O)[nH]c(N)nc43)[C@H](O)[C@@H]2CCOC(F)F)O[C@H]1n1cnc2c(N)ncnc21. The summed E-state index contributed by atoms with van der Waals surface area (Å²) >= 11 is 0. The number of alkyl halides is 2. The number of aliphatic hydroxyl groups is 3. The summed E-state index contributed by atoms with van der Waals surface area (Å²) in [7, 11) is -21.5. The number of aliphatic hydroxyl groups excluding tert-OH is 3. The normalized spacial score (nSPS) is 30.0. The van der Waals surface area contributed by atoms with Crippen LogP contribution in [0.2, 0.25) is 0 Å². The number of aromatic amines is 2. The third-order valence-corrected chi connectivity index (χ3v) is 17.0. The Morgan fingerprint density at radius 1 is 0.844 bits per heavy atom. The van der Waals surface area contributed by atoms with Gasteiger partial charge in [-0.2, -0.15) is 17.4 Å².